The number of likely N-dealkylation sites (tertiary alicyclic amines) is 1. The summed E-state index contributed by atoms with van der Waals surface area (Å²) in [5.41, 5.74) is 3.65. The van der Waals surface area contributed by atoms with E-state index in [0.717, 1.165) is 29.7 Å². The Hall–Kier alpha value is -3.36. The third-order valence-electron chi connectivity index (χ3n) is 5.11. The number of amides is 1. The molecular weight excluding hydrogens is 360 g/mol. The Morgan fingerprint density at radius 3 is 2.61 bits per heavy atom. The minimum atomic E-state index is -1.11. The number of carbonyl (C=O) groups is 2. The molecule has 1 amide bonds. The molecule has 1 N–H and O–H groups in total. The van der Waals surface area contributed by atoms with Crippen LogP contribution in [0.3, 0.4) is 0 Å². The lowest BCUT2D eigenvalue weighted by molar-refractivity contribution is 0.0666. The van der Waals surface area contributed by atoms with E-state index in [1.165, 1.54) is 6.20 Å². The van der Waals surface area contributed by atoms with Crippen molar-refractivity contribution in [3.8, 4) is 0 Å². The van der Waals surface area contributed by atoms with Crippen LogP contribution in [0.2, 0.25) is 0 Å². The number of piperidine rings is 1. The van der Waals surface area contributed by atoms with Crippen molar-refractivity contribution in [2.45, 2.75) is 32.7 Å². The molecule has 28 heavy (non-hydrogen) atoms. The van der Waals surface area contributed by atoms with Gasteiger partial charge >= 0.3 is 5.97 Å². The number of aromatic carboxylic acids is 1. The molecule has 0 saturated carbocycles. The van der Waals surface area contributed by atoms with E-state index in [0.29, 0.717) is 24.2 Å². The number of hydrogen-bond acceptors (Lipinski definition) is 6. The normalized spacial score (nSPS) is 17.1. The average Bonchev–Trinajstić information content (AvgIpc) is 3.19. The van der Waals surface area contributed by atoms with Gasteiger partial charge in [0.05, 0.1) is 34.7 Å². The fraction of sp³-hybridized carbons (Fsp3) is 0.368. The van der Waals surface area contributed by atoms with Gasteiger partial charge in [-0.3, -0.25) is 4.79 Å². The molecule has 9 nitrogen and oxygen atoms in total. The van der Waals surface area contributed by atoms with E-state index >= 15 is 0 Å². The topological polar surface area (TPSA) is 114 Å². The molecule has 1 saturated heterocycles. The van der Waals surface area contributed by atoms with Crippen molar-refractivity contribution in [3.05, 3.63) is 47.0 Å². The predicted octanol–water partition coefficient (Wildman–Crippen LogP) is 2.01. The van der Waals surface area contributed by atoms with Crippen molar-refractivity contribution in [1.82, 2.24) is 29.9 Å². The quantitative estimate of drug-likeness (QED) is 0.739. The second kappa shape index (κ2) is 6.99. The minimum Gasteiger partial charge on any atom is -0.476 e. The molecule has 1 atom stereocenters. The Bertz CT molecular complexity index is 1080. The van der Waals surface area contributed by atoms with E-state index in [4.69, 9.17) is 5.11 Å². The summed E-state index contributed by atoms with van der Waals surface area (Å²) in [7, 11) is 0. The van der Waals surface area contributed by atoms with Crippen molar-refractivity contribution in [1.29, 1.82) is 0 Å². The summed E-state index contributed by atoms with van der Waals surface area (Å²) in [4.78, 5) is 34.8. The summed E-state index contributed by atoms with van der Waals surface area (Å²) in [5, 5.41) is 16.6. The zero-order valence-electron chi connectivity index (χ0n) is 15.7. The van der Waals surface area contributed by atoms with Crippen LogP contribution in [0.25, 0.3) is 11.0 Å². The Kier molecular flexibility index (Phi) is 4.50. The van der Waals surface area contributed by atoms with Gasteiger partial charge in [-0.1, -0.05) is 5.21 Å². The van der Waals surface area contributed by atoms with E-state index in [1.807, 2.05) is 19.9 Å². The molecule has 0 bridgehead atoms. The fourth-order valence-corrected chi connectivity index (χ4v) is 3.45. The highest BCUT2D eigenvalue weighted by Gasteiger charge is 2.27. The maximum absolute atomic E-state index is 13.0. The molecule has 3 aromatic rings. The van der Waals surface area contributed by atoms with Crippen LogP contribution in [-0.4, -0.2) is 59.9 Å². The standard InChI is InChI=1S/C19H20N6O3/c1-11-12(2)21-16-8-13(5-6-15(16)20-11)18(26)24-7-3-4-14(9-24)25-10-17(19(27)28)22-23-25/h5-6,8,10,14H,3-4,7,9H2,1-2H3,(H,27,28). The number of hydrogen-bond donors (Lipinski definition) is 1. The number of carboxylic acid groups (broad SMARTS) is 1. The highest BCUT2D eigenvalue weighted by atomic mass is 16.4. The van der Waals surface area contributed by atoms with Gasteiger partial charge in [0.2, 0.25) is 0 Å². The molecular formula is C19H20N6O3. The first kappa shape index (κ1) is 18.0. The number of aryl methyl sites for hydroxylation is 2. The molecule has 1 aliphatic heterocycles. The lowest BCUT2D eigenvalue weighted by atomic mass is 10.0. The van der Waals surface area contributed by atoms with Gasteiger partial charge in [-0.25, -0.2) is 19.4 Å². The third-order valence-corrected chi connectivity index (χ3v) is 5.11. The second-order valence-corrected chi connectivity index (χ2v) is 7.03. The fourth-order valence-electron chi connectivity index (χ4n) is 3.45. The van der Waals surface area contributed by atoms with Gasteiger partial charge in [0.1, 0.15) is 0 Å². The van der Waals surface area contributed by atoms with E-state index in [1.54, 1.807) is 21.7 Å². The molecule has 144 valence electrons. The highest BCUT2D eigenvalue weighted by Crippen LogP contribution is 2.23. The van der Waals surface area contributed by atoms with Crippen molar-refractivity contribution < 1.29 is 14.7 Å². The van der Waals surface area contributed by atoms with Gasteiger partial charge in [0, 0.05) is 18.7 Å². The SMILES string of the molecule is Cc1nc2ccc(C(=O)N3CCCC(n4cc(C(=O)O)nn4)C3)cc2nc1C. The monoisotopic (exact) mass is 380 g/mol. The number of aromatic nitrogens is 5. The molecule has 1 fully saturated rings. The van der Waals surface area contributed by atoms with Crippen LogP contribution in [0.1, 0.15) is 51.1 Å². The zero-order chi connectivity index (χ0) is 19.8. The van der Waals surface area contributed by atoms with Gasteiger partial charge in [-0.05, 0) is 44.9 Å². The van der Waals surface area contributed by atoms with E-state index in [9.17, 15) is 9.59 Å². The van der Waals surface area contributed by atoms with Gasteiger partial charge in [0.25, 0.3) is 5.91 Å². The Morgan fingerprint density at radius 1 is 1.14 bits per heavy atom. The number of nitrogens with zero attached hydrogens (tertiary/aromatic N) is 6. The second-order valence-electron chi connectivity index (χ2n) is 7.03. The minimum absolute atomic E-state index is 0.0785. The summed E-state index contributed by atoms with van der Waals surface area (Å²) in [6.07, 6.45) is 3.04. The average molecular weight is 380 g/mol. The Balaban J connectivity index is 1.56. The number of fused-ring (bicyclic) bond motifs is 1. The molecule has 3 heterocycles. The van der Waals surface area contributed by atoms with Gasteiger partial charge < -0.3 is 10.0 Å². The summed E-state index contributed by atoms with van der Waals surface area (Å²) in [5.74, 6) is -1.19. The molecule has 1 unspecified atom stereocenters. The Labute approximate surface area is 161 Å². The van der Waals surface area contributed by atoms with Crippen molar-refractivity contribution in [3.63, 3.8) is 0 Å². The first-order valence-electron chi connectivity index (χ1n) is 9.12. The largest absolute Gasteiger partial charge is 0.476 e. The zero-order valence-corrected chi connectivity index (χ0v) is 15.7. The number of benzene rings is 1. The molecule has 1 aromatic carbocycles. The van der Waals surface area contributed by atoms with Crippen LogP contribution in [-0.2, 0) is 0 Å². The predicted molar refractivity (Wildman–Crippen MR) is 100 cm³/mol. The molecule has 2 aromatic heterocycles. The van der Waals surface area contributed by atoms with E-state index in [-0.39, 0.29) is 17.6 Å². The van der Waals surface area contributed by atoms with E-state index < -0.39 is 5.97 Å². The van der Waals surface area contributed by atoms with Crippen LogP contribution >= 0.6 is 0 Å². The smallest absolute Gasteiger partial charge is 0.358 e. The van der Waals surface area contributed by atoms with Crippen LogP contribution in [0, 0.1) is 13.8 Å². The lowest BCUT2D eigenvalue weighted by Crippen LogP contribution is -2.40. The first-order chi connectivity index (χ1) is 13.4. The van der Waals surface area contributed by atoms with Crippen LogP contribution < -0.4 is 0 Å². The highest BCUT2D eigenvalue weighted by molar-refractivity contribution is 5.97. The molecule has 0 radical (unpaired) electrons. The van der Waals surface area contributed by atoms with Crippen molar-refractivity contribution in [2.24, 2.45) is 0 Å². The maximum atomic E-state index is 13.0. The van der Waals surface area contributed by atoms with Crippen LogP contribution in [0.15, 0.2) is 24.4 Å². The van der Waals surface area contributed by atoms with Crippen LogP contribution in [0.4, 0.5) is 0 Å². The number of carbonyl (C=O) groups excluding carboxylic acids is 1. The Morgan fingerprint density at radius 2 is 1.89 bits per heavy atom. The summed E-state index contributed by atoms with van der Waals surface area (Å²) >= 11 is 0. The summed E-state index contributed by atoms with van der Waals surface area (Å²) in [6, 6.07) is 5.28. The summed E-state index contributed by atoms with van der Waals surface area (Å²) < 4.78 is 1.54. The lowest BCUT2D eigenvalue weighted by Gasteiger charge is -2.32. The van der Waals surface area contributed by atoms with Crippen LogP contribution in [0.5, 0.6) is 0 Å². The maximum Gasteiger partial charge on any atom is 0.358 e. The third kappa shape index (κ3) is 3.30. The molecule has 4 rings (SSSR count). The molecule has 1 aliphatic rings. The van der Waals surface area contributed by atoms with Crippen molar-refractivity contribution >= 4 is 22.9 Å². The molecule has 0 aliphatic carbocycles. The summed E-state index contributed by atoms with van der Waals surface area (Å²) in [6.45, 7) is 4.91. The number of carboxylic acids is 1. The van der Waals surface area contributed by atoms with E-state index in [2.05, 4.69) is 20.3 Å². The van der Waals surface area contributed by atoms with Crippen molar-refractivity contribution in [2.75, 3.05) is 13.1 Å². The van der Waals surface area contributed by atoms with Gasteiger partial charge in [0.15, 0.2) is 5.69 Å². The molecule has 9 heteroatoms. The number of rotatable bonds is 3. The van der Waals surface area contributed by atoms with Gasteiger partial charge in [-0.15, -0.1) is 5.10 Å². The molecule has 0 spiro atoms. The van der Waals surface area contributed by atoms with Gasteiger partial charge in [-0.2, -0.15) is 0 Å². The first-order valence-corrected chi connectivity index (χ1v) is 9.12.